The van der Waals surface area contributed by atoms with E-state index in [2.05, 4.69) is 26.4 Å². The van der Waals surface area contributed by atoms with Gasteiger partial charge in [-0.15, -0.1) is 11.3 Å². The second-order valence-corrected chi connectivity index (χ2v) is 11.8. The highest BCUT2D eigenvalue weighted by atomic mass is 35.5. The summed E-state index contributed by atoms with van der Waals surface area (Å²) in [6.45, 7) is 16.6. The summed E-state index contributed by atoms with van der Waals surface area (Å²) < 4.78 is 1.57. The van der Waals surface area contributed by atoms with Gasteiger partial charge in [-0.05, 0) is 57.4 Å². The fraction of sp³-hybridized carbons (Fsp3) is 0.400. The Balaban J connectivity index is 0.00000387. The third-order valence-corrected chi connectivity index (χ3v) is 8.63. The van der Waals surface area contributed by atoms with E-state index in [1.54, 1.807) is 21.2 Å². The van der Waals surface area contributed by atoms with Crippen LogP contribution in [-0.4, -0.2) is 60.5 Å². The molecule has 5 heterocycles. The van der Waals surface area contributed by atoms with Crippen LogP contribution in [0.2, 0.25) is 5.02 Å². The van der Waals surface area contributed by atoms with Gasteiger partial charge in [0, 0.05) is 31.4 Å². The highest BCUT2D eigenvalue weighted by Gasteiger charge is 2.34. The SMILES string of the molecule is C.C=CC(=O)N1C[C@H](C)N(c2nc(=O)n(-c3c(C)ccnc3C(C)C)c3nc(-c4scnc4C)c(Cl)cc23)C[C@H]1C. The smallest absolute Gasteiger partial charge is 0.349 e. The molecule has 0 N–H and O–H groups in total. The molecule has 0 saturated carbocycles. The second kappa shape index (κ2) is 11.7. The molecule has 0 radical (unpaired) electrons. The van der Waals surface area contributed by atoms with Crippen LogP contribution in [0.1, 0.15) is 58.0 Å². The van der Waals surface area contributed by atoms with Gasteiger partial charge in [0.05, 0.1) is 37.9 Å². The average Bonchev–Trinajstić information content (AvgIpc) is 3.34. The van der Waals surface area contributed by atoms with E-state index in [4.69, 9.17) is 16.6 Å². The van der Waals surface area contributed by atoms with Crippen molar-refractivity contribution in [1.82, 2.24) is 29.4 Å². The number of rotatable bonds is 5. The van der Waals surface area contributed by atoms with Gasteiger partial charge in [-0.1, -0.05) is 39.5 Å². The molecule has 0 aromatic carbocycles. The summed E-state index contributed by atoms with van der Waals surface area (Å²) in [6.07, 6.45) is 3.09. The molecule has 0 aliphatic carbocycles. The summed E-state index contributed by atoms with van der Waals surface area (Å²) >= 11 is 8.33. The minimum absolute atomic E-state index is 0. The van der Waals surface area contributed by atoms with Gasteiger partial charge in [0.1, 0.15) is 11.5 Å². The molecule has 2 atom stereocenters. The Hall–Kier alpha value is -3.63. The zero-order chi connectivity index (χ0) is 28.9. The number of aromatic nitrogens is 5. The molecule has 4 aromatic rings. The first-order valence-corrected chi connectivity index (χ1v) is 14.5. The molecule has 1 saturated heterocycles. The summed E-state index contributed by atoms with van der Waals surface area (Å²) in [4.78, 5) is 49.9. The average molecular weight is 594 g/mol. The Morgan fingerprint density at radius 2 is 1.90 bits per heavy atom. The Labute approximate surface area is 249 Å². The van der Waals surface area contributed by atoms with Gasteiger partial charge in [0.2, 0.25) is 5.91 Å². The van der Waals surface area contributed by atoms with Crippen molar-refractivity contribution in [2.24, 2.45) is 0 Å². The number of hydrogen-bond donors (Lipinski definition) is 0. The number of fused-ring (bicyclic) bond motifs is 1. The zero-order valence-electron chi connectivity index (χ0n) is 23.5. The van der Waals surface area contributed by atoms with Crippen molar-refractivity contribution in [3.8, 4) is 16.3 Å². The van der Waals surface area contributed by atoms with E-state index in [-0.39, 0.29) is 31.3 Å². The monoisotopic (exact) mass is 593 g/mol. The fourth-order valence-electron chi connectivity index (χ4n) is 5.35. The Bertz CT molecular complexity index is 1700. The number of carbonyl (C=O) groups excluding carboxylic acids is 1. The van der Waals surface area contributed by atoms with E-state index >= 15 is 0 Å². The molecule has 1 fully saturated rings. The Morgan fingerprint density at radius 1 is 1.17 bits per heavy atom. The molecule has 0 bridgehead atoms. The van der Waals surface area contributed by atoms with E-state index in [0.29, 0.717) is 46.3 Å². The first-order chi connectivity index (χ1) is 19.0. The lowest BCUT2D eigenvalue weighted by Crippen LogP contribution is -2.58. The minimum Gasteiger partial charge on any atom is -0.349 e. The van der Waals surface area contributed by atoms with Crippen molar-refractivity contribution < 1.29 is 4.79 Å². The van der Waals surface area contributed by atoms with Gasteiger partial charge in [0.15, 0.2) is 5.65 Å². The molecule has 216 valence electrons. The fourth-order valence-corrected chi connectivity index (χ4v) is 6.45. The number of thiazole rings is 1. The van der Waals surface area contributed by atoms with Crippen molar-refractivity contribution in [3.05, 3.63) is 69.0 Å². The van der Waals surface area contributed by atoms with E-state index < -0.39 is 5.69 Å². The summed E-state index contributed by atoms with van der Waals surface area (Å²) in [5.41, 5.74) is 5.48. The molecule has 0 unspecified atom stereocenters. The lowest BCUT2D eigenvalue weighted by molar-refractivity contribution is -0.128. The van der Waals surface area contributed by atoms with Crippen molar-refractivity contribution in [1.29, 1.82) is 0 Å². The number of halogens is 1. The number of nitrogens with zero attached hydrogens (tertiary/aromatic N) is 7. The zero-order valence-corrected chi connectivity index (χ0v) is 25.0. The number of piperazine rings is 1. The molecule has 0 spiro atoms. The van der Waals surface area contributed by atoms with Crippen LogP contribution in [0.4, 0.5) is 5.82 Å². The minimum atomic E-state index is -0.452. The highest BCUT2D eigenvalue weighted by Crippen LogP contribution is 2.37. The molecule has 5 rings (SSSR count). The quantitative estimate of drug-likeness (QED) is 0.264. The largest absolute Gasteiger partial charge is 0.355 e. The van der Waals surface area contributed by atoms with Crippen molar-refractivity contribution in [2.75, 3.05) is 18.0 Å². The maximum absolute atomic E-state index is 14.0. The van der Waals surface area contributed by atoms with Gasteiger partial charge < -0.3 is 9.80 Å². The van der Waals surface area contributed by atoms with Crippen LogP contribution in [-0.2, 0) is 4.79 Å². The van der Waals surface area contributed by atoms with E-state index in [0.717, 1.165) is 21.8 Å². The molecule has 41 heavy (non-hydrogen) atoms. The summed E-state index contributed by atoms with van der Waals surface area (Å²) in [7, 11) is 0. The number of amides is 1. The third kappa shape index (κ3) is 5.26. The summed E-state index contributed by atoms with van der Waals surface area (Å²) in [5, 5.41) is 1.09. The summed E-state index contributed by atoms with van der Waals surface area (Å²) in [6, 6.07) is 3.50. The summed E-state index contributed by atoms with van der Waals surface area (Å²) in [5.74, 6) is 0.439. The van der Waals surface area contributed by atoms with Crippen molar-refractivity contribution >= 4 is 45.7 Å². The highest BCUT2D eigenvalue weighted by molar-refractivity contribution is 7.13. The first-order valence-electron chi connectivity index (χ1n) is 13.2. The second-order valence-electron chi connectivity index (χ2n) is 10.6. The standard InChI is InChI=1S/C29H32ClN7O2S.CH4/c1-8-22(38)35-12-18(6)36(13-17(35)5)27-20-11-21(30)24(26-19(7)32-14-40-26)33-28(20)37(29(39)34-27)25-16(4)9-10-31-23(25)15(2)3;/h8-11,14-15,17-18H,1,12-13H2,2-7H3;1H4/t17-,18+;/m1./s1. The lowest BCUT2D eigenvalue weighted by atomic mass is 10.0. The molecular formula is C30H36ClN7O2S. The van der Waals surface area contributed by atoms with Gasteiger partial charge in [-0.25, -0.2) is 19.3 Å². The van der Waals surface area contributed by atoms with Crippen LogP contribution in [0, 0.1) is 13.8 Å². The maximum Gasteiger partial charge on any atom is 0.355 e. The number of aryl methyl sites for hydroxylation is 2. The van der Waals surface area contributed by atoms with Gasteiger partial charge in [0.25, 0.3) is 0 Å². The lowest BCUT2D eigenvalue weighted by Gasteiger charge is -2.44. The first kappa shape index (κ1) is 30.3. The van der Waals surface area contributed by atoms with Gasteiger partial charge in [-0.3, -0.25) is 9.78 Å². The molecule has 4 aromatic heterocycles. The topological polar surface area (TPSA) is 97.1 Å². The van der Waals surface area contributed by atoms with Crippen LogP contribution >= 0.6 is 22.9 Å². The molecule has 1 aliphatic heterocycles. The van der Waals surface area contributed by atoms with Crippen LogP contribution in [0.25, 0.3) is 27.3 Å². The third-order valence-electron chi connectivity index (χ3n) is 7.40. The van der Waals surface area contributed by atoms with E-state index in [9.17, 15) is 9.59 Å². The van der Waals surface area contributed by atoms with Gasteiger partial charge >= 0.3 is 5.69 Å². The molecule has 1 amide bonds. The normalized spacial score (nSPS) is 17.2. The van der Waals surface area contributed by atoms with Crippen LogP contribution in [0.3, 0.4) is 0 Å². The van der Waals surface area contributed by atoms with E-state index in [1.165, 1.54) is 17.4 Å². The molecule has 1 aliphatic rings. The Morgan fingerprint density at radius 3 is 2.54 bits per heavy atom. The molecule has 11 heteroatoms. The Kier molecular flexibility index (Phi) is 8.65. The predicted octanol–water partition coefficient (Wildman–Crippen LogP) is 5.94. The van der Waals surface area contributed by atoms with E-state index in [1.807, 2.05) is 53.7 Å². The van der Waals surface area contributed by atoms with Crippen LogP contribution < -0.4 is 10.6 Å². The molecular weight excluding hydrogens is 558 g/mol. The predicted molar refractivity (Wildman–Crippen MR) is 168 cm³/mol. The molecule has 9 nitrogen and oxygen atoms in total. The number of pyridine rings is 2. The van der Waals surface area contributed by atoms with Crippen molar-refractivity contribution in [3.63, 3.8) is 0 Å². The van der Waals surface area contributed by atoms with Crippen molar-refractivity contribution in [2.45, 2.75) is 67.0 Å². The van der Waals surface area contributed by atoms with Crippen LogP contribution in [0.15, 0.2) is 41.3 Å². The number of hydrogen-bond acceptors (Lipinski definition) is 8. The number of anilines is 1. The van der Waals surface area contributed by atoms with Gasteiger partial charge in [-0.2, -0.15) is 4.98 Å². The van der Waals surface area contributed by atoms with Crippen LogP contribution in [0.5, 0.6) is 0 Å². The maximum atomic E-state index is 14.0. The number of carbonyl (C=O) groups is 1.